The summed E-state index contributed by atoms with van der Waals surface area (Å²) < 4.78 is 10.9. The molecule has 0 saturated carbocycles. The van der Waals surface area contributed by atoms with Gasteiger partial charge in [-0.15, -0.1) is 0 Å². The molecular weight excluding hydrogens is 470 g/mol. The van der Waals surface area contributed by atoms with Gasteiger partial charge in [-0.25, -0.2) is 4.79 Å². The van der Waals surface area contributed by atoms with Gasteiger partial charge in [0, 0.05) is 5.56 Å². The van der Waals surface area contributed by atoms with Crippen molar-refractivity contribution in [3.8, 4) is 16.9 Å². The highest BCUT2D eigenvalue weighted by Gasteiger charge is 2.24. The second-order valence-electron chi connectivity index (χ2n) is 9.03. The summed E-state index contributed by atoms with van der Waals surface area (Å²) in [5, 5.41) is 2.87. The lowest BCUT2D eigenvalue weighted by atomic mass is 9.95. The molecule has 36 heavy (non-hydrogen) atoms. The summed E-state index contributed by atoms with van der Waals surface area (Å²) in [6.45, 7) is 8.80. The van der Waals surface area contributed by atoms with Gasteiger partial charge in [0.05, 0.1) is 7.11 Å². The third-order valence-corrected chi connectivity index (χ3v) is 6.49. The summed E-state index contributed by atoms with van der Waals surface area (Å²) in [4.78, 5) is 25.6. The summed E-state index contributed by atoms with van der Waals surface area (Å²) in [7, 11) is 1.34. The average molecular weight is 510 g/mol. The molecule has 2 rings (SSSR count). The van der Waals surface area contributed by atoms with Crippen LogP contribution in [0.15, 0.2) is 65.8 Å². The first-order valence-corrected chi connectivity index (χ1v) is 13.7. The van der Waals surface area contributed by atoms with E-state index in [0.29, 0.717) is 24.3 Å². The first kappa shape index (κ1) is 29.2. The number of benzene rings is 2. The summed E-state index contributed by atoms with van der Waals surface area (Å²) in [5.74, 6) is 0.663. The highest BCUT2D eigenvalue weighted by molar-refractivity contribution is 7.98. The van der Waals surface area contributed by atoms with E-state index in [0.717, 1.165) is 35.3 Å². The molecule has 1 unspecified atom stereocenters. The number of hydrogen-bond acceptors (Lipinski definition) is 5. The van der Waals surface area contributed by atoms with Crippen molar-refractivity contribution in [2.24, 2.45) is 0 Å². The van der Waals surface area contributed by atoms with Crippen molar-refractivity contribution in [3.05, 3.63) is 76.9 Å². The van der Waals surface area contributed by atoms with E-state index >= 15 is 0 Å². The van der Waals surface area contributed by atoms with Gasteiger partial charge in [0.15, 0.2) is 0 Å². The Labute approximate surface area is 220 Å². The van der Waals surface area contributed by atoms with Gasteiger partial charge in [-0.2, -0.15) is 11.8 Å². The van der Waals surface area contributed by atoms with Crippen molar-refractivity contribution in [1.82, 2.24) is 5.32 Å². The molecule has 1 atom stereocenters. The zero-order chi connectivity index (χ0) is 26.5. The van der Waals surface area contributed by atoms with Crippen LogP contribution in [0.25, 0.3) is 11.1 Å². The maximum absolute atomic E-state index is 13.3. The van der Waals surface area contributed by atoms with Crippen LogP contribution < -0.4 is 10.1 Å². The Morgan fingerprint density at radius 2 is 1.81 bits per heavy atom. The molecule has 0 bridgehead atoms. The lowest BCUT2D eigenvalue weighted by Crippen LogP contribution is -2.42. The van der Waals surface area contributed by atoms with E-state index in [1.165, 1.54) is 18.3 Å². The predicted octanol–water partition coefficient (Wildman–Crippen LogP) is 6.76. The molecule has 2 aromatic rings. The molecule has 2 aromatic carbocycles. The molecule has 0 spiro atoms. The van der Waals surface area contributed by atoms with Crippen LogP contribution in [0.3, 0.4) is 0 Å². The number of methoxy groups -OCH3 is 1. The Hall–Kier alpha value is -2.99. The normalized spacial score (nSPS) is 12.0. The van der Waals surface area contributed by atoms with E-state index in [4.69, 9.17) is 9.47 Å². The minimum absolute atomic E-state index is 0.314. The lowest BCUT2D eigenvalue weighted by molar-refractivity contribution is -0.142. The molecule has 0 radical (unpaired) electrons. The largest absolute Gasteiger partial charge is 0.490 e. The molecule has 1 amide bonds. The van der Waals surface area contributed by atoms with E-state index < -0.39 is 12.0 Å². The van der Waals surface area contributed by atoms with E-state index in [1.807, 2.05) is 43.5 Å². The van der Waals surface area contributed by atoms with Crippen molar-refractivity contribution in [1.29, 1.82) is 0 Å². The van der Waals surface area contributed by atoms with Crippen LogP contribution in [0.5, 0.6) is 5.75 Å². The number of nitrogens with one attached hydrogen (secondary N) is 1. The van der Waals surface area contributed by atoms with Crippen LogP contribution in [0, 0.1) is 6.92 Å². The van der Waals surface area contributed by atoms with Crippen molar-refractivity contribution < 1.29 is 19.1 Å². The number of carbonyl (C=O) groups is 2. The fourth-order valence-corrected chi connectivity index (χ4v) is 4.21. The molecule has 0 aromatic heterocycles. The Morgan fingerprint density at radius 3 is 2.47 bits per heavy atom. The smallest absolute Gasteiger partial charge is 0.328 e. The third kappa shape index (κ3) is 9.23. The van der Waals surface area contributed by atoms with Crippen molar-refractivity contribution in [2.45, 2.75) is 53.0 Å². The monoisotopic (exact) mass is 509 g/mol. The zero-order valence-corrected chi connectivity index (χ0v) is 23.2. The Bertz CT molecular complexity index is 1090. The van der Waals surface area contributed by atoms with Crippen molar-refractivity contribution in [3.63, 3.8) is 0 Å². The van der Waals surface area contributed by atoms with Crippen molar-refractivity contribution in [2.75, 3.05) is 25.7 Å². The van der Waals surface area contributed by atoms with E-state index in [-0.39, 0.29) is 5.91 Å². The molecule has 0 heterocycles. The van der Waals surface area contributed by atoms with Gasteiger partial charge in [-0.3, -0.25) is 4.79 Å². The summed E-state index contributed by atoms with van der Waals surface area (Å²) >= 11 is 1.62. The minimum atomic E-state index is -0.699. The van der Waals surface area contributed by atoms with Gasteiger partial charge in [-0.1, -0.05) is 41.5 Å². The Morgan fingerprint density at radius 1 is 1.06 bits per heavy atom. The summed E-state index contributed by atoms with van der Waals surface area (Å²) in [6, 6.07) is 12.7. The van der Waals surface area contributed by atoms with E-state index in [9.17, 15) is 9.59 Å². The van der Waals surface area contributed by atoms with Crippen LogP contribution >= 0.6 is 11.8 Å². The third-order valence-electron chi connectivity index (χ3n) is 5.85. The van der Waals surface area contributed by atoms with Gasteiger partial charge in [-0.05, 0) is 99.9 Å². The minimum Gasteiger partial charge on any atom is -0.490 e. The quantitative estimate of drug-likeness (QED) is 0.239. The number of thioether (sulfide) groups is 1. The molecule has 0 aliphatic rings. The van der Waals surface area contributed by atoms with Crippen LogP contribution in [0.4, 0.5) is 0 Å². The predicted molar refractivity (Wildman–Crippen MR) is 151 cm³/mol. The highest BCUT2D eigenvalue weighted by atomic mass is 32.2. The van der Waals surface area contributed by atoms with Gasteiger partial charge < -0.3 is 14.8 Å². The number of amides is 1. The van der Waals surface area contributed by atoms with Crippen LogP contribution in [-0.4, -0.2) is 43.6 Å². The van der Waals surface area contributed by atoms with Crippen molar-refractivity contribution >= 4 is 23.6 Å². The van der Waals surface area contributed by atoms with E-state index in [2.05, 4.69) is 38.2 Å². The molecule has 0 aliphatic carbocycles. The van der Waals surface area contributed by atoms with Crippen LogP contribution in [0.1, 0.15) is 56.0 Å². The van der Waals surface area contributed by atoms with Crippen LogP contribution in [-0.2, 0) is 9.53 Å². The van der Waals surface area contributed by atoms with Gasteiger partial charge in [0.1, 0.15) is 18.4 Å². The SMILES string of the molecule is COC(=O)C(CCSC)NC(=O)c1ccc(OC/C=C(\C)CCC=C(C)C)cc1-c1ccccc1C. The summed E-state index contributed by atoms with van der Waals surface area (Å²) in [5.41, 5.74) is 5.85. The number of rotatable bonds is 13. The lowest BCUT2D eigenvalue weighted by Gasteiger charge is -2.18. The topological polar surface area (TPSA) is 64.6 Å². The number of allylic oxidation sites excluding steroid dienone is 3. The first-order chi connectivity index (χ1) is 17.3. The fraction of sp³-hybridized carbons (Fsp3) is 0.400. The number of esters is 1. The van der Waals surface area contributed by atoms with E-state index in [1.54, 1.807) is 23.9 Å². The van der Waals surface area contributed by atoms with Gasteiger partial charge >= 0.3 is 5.97 Å². The highest BCUT2D eigenvalue weighted by Crippen LogP contribution is 2.31. The molecule has 0 aliphatic heterocycles. The molecule has 0 fully saturated rings. The standard InChI is InChI=1S/C30H39NO4S/c1-21(2)10-9-11-22(3)16-18-35-24-14-15-26(27(20-24)25-13-8-7-12-23(25)4)29(32)31-28(17-19-36-6)30(33)34-5/h7-8,10,12-16,20,28H,9,11,17-19H2,1-6H3,(H,31,32)/b22-16+. The molecule has 5 nitrogen and oxygen atoms in total. The molecule has 0 saturated heterocycles. The van der Waals surface area contributed by atoms with Gasteiger partial charge in [0.25, 0.3) is 5.91 Å². The number of ether oxygens (including phenoxy) is 2. The number of carbonyl (C=O) groups excluding carboxylic acids is 2. The number of hydrogen-bond donors (Lipinski definition) is 1. The summed E-state index contributed by atoms with van der Waals surface area (Å²) in [6.07, 6.45) is 8.82. The molecule has 194 valence electrons. The molecular formula is C30H39NO4S. The Balaban J connectivity index is 2.28. The number of aryl methyl sites for hydroxylation is 1. The maximum atomic E-state index is 13.3. The zero-order valence-electron chi connectivity index (χ0n) is 22.4. The average Bonchev–Trinajstić information content (AvgIpc) is 2.86. The fourth-order valence-electron chi connectivity index (χ4n) is 3.74. The second-order valence-corrected chi connectivity index (χ2v) is 10.0. The Kier molecular flexibility index (Phi) is 12.3. The molecule has 6 heteroatoms. The van der Waals surface area contributed by atoms with Gasteiger partial charge in [0.2, 0.25) is 0 Å². The first-order valence-electron chi connectivity index (χ1n) is 12.3. The molecule has 1 N–H and O–H groups in total. The second kappa shape index (κ2) is 15.2. The maximum Gasteiger partial charge on any atom is 0.328 e. The van der Waals surface area contributed by atoms with Crippen LogP contribution in [0.2, 0.25) is 0 Å².